The number of carbonyl (C=O) groups is 2. The number of likely N-dealkylation sites (tertiary alicyclic amines) is 1. The Hall–Kier alpha value is -1.06. The average Bonchev–Trinajstić information content (AvgIpc) is 2.33. The number of carbonyl (C=O) groups excluding carboxylic acids is 2. The van der Waals surface area contributed by atoms with Gasteiger partial charge in [-0.15, -0.1) is 0 Å². The summed E-state index contributed by atoms with van der Waals surface area (Å²) in [6.07, 6.45) is 6.33. The molecule has 1 saturated heterocycles. The number of hydrogen-bond acceptors (Lipinski definition) is 2. The SMILES string of the molecule is CC(C)CC(=O)NC(C(=O)N1CCCCCCC1)C(C)C. The van der Waals surface area contributed by atoms with E-state index >= 15 is 0 Å². The van der Waals surface area contributed by atoms with Gasteiger partial charge in [-0.3, -0.25) is 9.59 Å². The van der Waals surface area contributed by atoms with E-state index in [4.69, 9.17) is 0 Å². The summed E-state index contributed by atoms with van der Waals surface area (Å²) in [6, 6.07) is -0.379. The second-order valence-corrected chi connectivity index (χ2v) is 6.98. The summed E-state index contributed by atoms with van der Waals surface area (Å²) < 4.78 is 0. The fraction of sp³-hybridized carbons (Fsp3) is 0.882. The molecule has 0 radical (unpaired) electrons. The molecular weight excluding hydrogens is 264 g/mol. The zero-order valence-electron chi connectivity index (χ0n) is 14.2. The van der Waals surface area contributed by atoms with Crippen molar-refractivity contribution < 1.29 is 9.59 Å². The minimum Gasteiger partial charge on any atom is -0.344 e. The third kappa shape index (κ3) is 6.49. The van der Waals surface area contributed by atoms with Crippen LogP contribution in [0.1, 0.15) is 66.2 Å². The molecule has 1 rings (SSSR count). The summed E-state index contributed by atoms with van der Waals surface area (Å²) >= 11 is 0. The molecule has 0 aromatic carbocycles. The molecule has 0 aliphatic carbocycles. The lowest BCUT2D eigenvalue weighted by Crippen LogP contribution is -2.52. The summed E-state index contributed by atoms with van der Waals surface area (Å²) in [6.45, 7) is 9.71. The Balaban J connectivity index is 2.64. The van der Waals surface area contributed by atoms with Crippen LogP contribution in [0.3, 0.4) is 0 Å². The number of nitrogens with one attached hydrogen (secondary N) is 1. The highest BCUT2D eigenvalue weighted by molar-refractivity contribution is 5.88. The van der Waals surface area contributed by atoms with Gasteiger partial charge in [0.25, 0.3) is 0 Å². The predicted molar refractivity (Wildman–Crippen MR) is 85.9 cm³/mol. The minimum absolute atomic E-state index is 0.0101. The third-order valence-corrected chi connectivity index (χ3v) is 4.01. The van der Waals surface area contributed by atoms with Crippen molar-refractivity contribution in [3.63, 3.8) is 0 Å². The Morgan fingerprint density at radius 3 is 1.95 bits per heavy atom. The largest absolute Gasteiger partial charge is 0.344 e. The summed E-state index contributed by atoms with van der Waals surface area (Å²) in [5.74, 6) is 0.529. The van der Waals surface area contributed by atoms with E-state index in [0.717, 1.165) is 25.9 Å². The first-order valence-electron chi connectivity index (χ1n) is 8.50. The molecule has 0 bridgehead atoms. The maximum Gasteiger partial charge on any atom is 0.245 e. The summed E-state index contributed by atoms with van der Waals surface area (Å²) in [5.41, 5.74) is 0. The lowest BCUT2D eigenvalue weighted by molar-refractivity contribution is -0.138. The molecule has 1 atom stereocenters. The minimum atomic E-state index is -0.379. The van der Waals surface area contributed by atoms with Gasteiger partial charge in [0.2, 0.25) is 11.8 Å². The van der Waals surface area contributed by atoms with Crippen LogP contribution < -0.4 is 5.32 Å². The van der Waals surface area contributed by atoms with Gasteiger partial charge in [0, 0.05) is 19.5 Å². The molecule has 4 nitrogen and oxygen atoms in total. The highest BCUT2D eigenvalue weighted by Gasteiger charge is 2.28. The van der Waals surface area contributed by atoms with Crippen molar-refractivity contribution in [3.8, 4) is 0 Å². The van der Waals surface area contributed by atoms with Crippen LogP contribution in [0.25, 0.3) is 0 Å². The van der Waals surface area contributed by atoms with Crippen molar-refractivity contribution in [1.82, 2.24) is 10.2 Å². The molecule has 4 heteroatoms. The Morgan fingerprint density at radius 2 is 1.48 bits per heavy atom. The molecule has 1 unspecified atom stereocenters. The van der Waals surface area contributed by atoms with Crippen molar-refractivity contribution in [1.29, 1.82) is 0 Å². The highest BCUT2D eigenvalue weighted by Crippen LogP contribution is 2.14. The maximum atomic E-state index is 12.7. The lowest BCUT2D eigenvalue weighted by atomic mass is 10.0. The topological polar surface area (TPSA) is 49.4 Å². The van der Waals surface area contributed by atoms with E-state index in [0.29, 0.717) is 12.3 Å². The van der Waals surface area contributed by atoms with E-state index in [1.54, 1.807) is 0 Å². The normalized spacial score (nSPS) is 18.3. The first-order valence-corrected chi connectivity index (χ1v) is 8.50. The smallest absolute Gasteiger partial charge is 0.245 e. The van der Waals surface area contributed by atoms with Gasteiger partial charge in [-0.1, -0.05) is 47.0 Å². The zero-order valence-corrected chi connectivity index (χ0v) is 14.2. The van der Waals surface area contributed by atoms with E-state index < -0.39 is 0 Å². The lowest BCUT2D eigenvalue weighted by Gasteiger charge is -2.31. The molecular formula is C17H32N2O2. The summed E-state index contributed by atoms with van der Waals surface area (Å²) in [5, 5.41) is 2.95. The van der Waals surface area contributed by atoms with Gasteiger partial charge in [-0.25, -0.2) is 0 Å². The first-order chi connectivity index (χ1) is 9.91. The molecule has 1 aliphatic heterocycles. The molecule has 1 N–H and O–H groups in total. The van der Waals surface area contributed by atoms with Crippen LogP contribution in [-0.2, 0) is 9.59 Å². The fourth-order valence-corrected chi connectivity index (χ4v) is 2.78. The molecule has 0 saturated carbocycles. The number of amides is 2. The zero-order chi connectivity index (χ0) is 15.8. The Bertz CT molecular complexity index is 332. The molecule has 0 aromatic rings. The molecule has 1 fully saturated rings. The molecule has 2 amide bonds. The van der Waals surface area contributed by atoms with Gasteiger partial charge in [0.1, 0.15) is 6.04 Å². The number of hydrogen-bond donors (Lipinski definition) is 1. The summed E-state index contributed by atoms with van der Waals surface area (Å²) in [7, 11) is 0. The number of rotatable bonds is 5. The van der Waals surface area contributed by atoms with Gasteiger partial charge < -0.3 is 10.2 Å². The Kier molecular flexibility index (Phi) is 7.76. The Morgan fingerprint density at radius 1 is 0.952 bits per heavy atom. The van der Waals surface area contributed by atoms with Crippen LogP contribution in [0.15, 0.2) is 0 Å². The van der Waals surface area contributed by atoms with Crippen molar-refractivity contribution >= 4 is 11.8 Å². The molecule has 122 valence electrons. The standard InChI is InChI=1S/C17H32N2O2/c1-13(2)12-15(20)18-16(14(3)4)17(21)19-10-8-6-5-7-9-11-19/h13-14,16H,5-12H2,1-4H3,(H,18,20). The van der Waals surface area contributed by atoms with Gasteiger partial charge in [-0.05, 0) is 24.7 Å². The fourth-order valence-electron chi connectivity index (χ4n) is 2.78. The van der Waals surface area contributed by atoms with Gasteiger partial charge in [-0.2, -0.15) is 0 Å². The highest BCUT2D eigenvalue weighted by atomic mass is 16.2. The van der Waals surface area contributed by atoms with Crippen LogP contribution in [0, 0.1) is 11.8 Å². The molecule has 0 aromatic heterocycles. The van der Waals surface area contributed by atoms with Crippen molar-refractivity contribution in [2.45, 2.75) is 72.3 Å². The molecule has 1 heterocycles. The quantitative estimate of drug-likeness (QED) is 0.848. The Labute approximate surface area is 129 Å². The van der Waals surface area contributed by atoms with Crippen LogP contribution >= 0.6 is 0 Å². The van der Waals surface area contributed by atoms with Crippen molar-refractivity contribution in [2.24, 2.45) is 11.8 Å². The third-order valence-electron chi connectivity index (χ3n) is 4.01. The van der Waals surface area contributed by atoms with E-state index in [9.17, 15) is 9.59 Å². The van der Waals surface area contributed by atoms with Crippen LogP contribution in [0.5, 0.6) is 0 Å². The van der Waals surface area contributed by atoms with E-state index in [2.05, 4.69) is 5.32 Å². The van der Waals surface area contributed by atoms with E-state index in [-0.39, 0.29) is 23.8 Å². The molecule has 21 heavy (non-hydrogen) atoms. The predicted octanol–water partition coefficient (Wildman–Crippen LogP) is 2.97. The van der Waals surface area contributed by atoms with E-state index in [1.165, 1.54) is 19.3 Å². The van der Waals surface area contributed by atoms with Crippen LogP contribution in [0.4, 0.5) is 0 Å². The average molecular weight is 296 g/mol. The first kappa shape index (κ1) is 18.0. The van der Waals surface area contributed by atoms with Crippen LogP contribution in [0.2, 0.25) is 0 Å². The van der Waals surface area contributed by atoms with Crippen LogP contribution in [-0.4, -0.2) is 35.8 Å². The van der Waals surface area contributed by atoms with Gasteiger partial charge in [0.15, 0.2) is 0 Å². The van der Waals surface area contributed by atoms with E-state index in [1.807, 2.05) is 32.6 Å². The second-order valence-electron chi connectivity index (χ2n) is 6.98. The monoisotopic (exact) mass is 296 g/mol. The van der Waals surface area contributed by atoms with Gasteiger partial charge >= 0.3 is 0 Å². The van der Waals surface area contributed by atoms with Crippen molar-refractivity contribution in [3.05, 3.63) is 0 Å². The number of nitrogens with zero attached hydrogens (tertiary/aromatic N) is 1. The second kappa shape index (κ2) is 9.06. The van der Waals surface area contributed by atoms with Crippen molar-refractivity contribution in [2.75, 3.05) is 13.1 Å². The molecule has 0 spiro atoms. The maximum absolute atomic E-state index is 12.7. The molecule has 1 aliphatic rings. The van der Waals surface area contributed by atoms with Gasteiger partial charge in [0.05, 0.1) is 0 Å². The summed E-state index contributed by atoms with van der Waals surface area (Å²) in [4.78, 5) is 26.7.